The van der Waals surface area contributed by atoms with Gasteiger partial charge in [0, 0.05) is 23.7 Å². The number of alkyl halides is 3. The van der Waals surface area contributed by atoms with E-state index in [4.69, 9.17) is 0 Å². The number of carbonyl (C=O) groups excluding carboxylic acids is 1. The molecule has 0 unspecified atom stereocenters. The van der Waals surface area contributed by atoms with Crippen LogP contribution in [0.15, 0.2) is 47.3 Å². The number of hydrogen-bond acceptors (Lipinski definition) is 2. The van der Waals surface area contributed by atoms with Crippen LogP contribution in [-0.4, -0.2) is 16.9 Å². The van der Waals surface area contributed by atoms with Crippen molar-refractivity contribution in [2.24, 2.45) is 0 Å². The van der Waals surface area contributed by atoms with Gasteiger partial charge in [-0.25, -0.2) is 0 Å². The normalized spacial score (nSPS) is 18.1. The number of aromatic amines is 1. The summed E-state index contributed by atoms with van der Waals surface area (Å²) in [4.78, 5) is 25.9. The van der Waals surface area contributed by atoms with E-state index in [1.54, 1.807) is 6.08 Å². The maximum atomic E-state index is 12.9. The number of rotatable bonds is 3. The van der Waals surface area contributed by atoms with Gasteiger partial charge >= 0.3 is 6.18 Å². The Morgan fingerprint density at radius 3 is 2.17 bits per heavy atom. The molecule has 0 bridgehead atoms. The first kappa shape index (κ1) is 20.9. The van der Waals surface area contributed by atoms with E-state index < -0.39 is 17.3 Å². The standard InChI is InChI=1S/C22H23F3N2O2/c1-21(2,3)14-6-4-13(5-7-14)16(12-15-8-11-19(28)26-15)18-10-9-17(20(29)27-18)22(23,24)25/h4-7,9-10,12,15H,8,11H2,1-3H3,(H,26,28)(H,27,29)/b16-12-/t15-/m1/s1. The van der Waals surface area contributed by atoms with Gasteiger partial charge in [-0.05, 0) is 35.1 Å². The first-order valence-corrected chi connectivity index (χ1v) is 9.38. The molecule has 0 radical (unpaired) electrons. The Morgan fingerprint density at radius 1 is 1.03 bits per heavy atom. The molecule has 29 heavy (non-hydrogen) atoms. The lowest BCUT2D eigenvalue weighted by Gasteiger charge is -2.20. The maximum absolute atomic E-state index is 12.9. The molecule has 7 heteroatoms. The van der Waals surface area contributed by atoms with E-state index in [0.717, 1.165) is 17.2 Å². The first-order chi connectivity index (χ1) is 13.4. The van der Waals surface area contributed by atoms with Gasteiger partial charge in [0.05, 0.1) is 0 Å². The predicted octanol–water partition coefficient (Wildman–Crippen LogP) is 4.40. The van der Waals surface area contributed by atoms with Crippen molar-refractivity contribution in [1.29, 1.82) is 0 Å². The lowest BCUT2D eigenvalue weighted by molar-refractivity contribution is -0.138. The summed E-state index contributed by atoms with van der Waals surface area (Å²) in [6.07, 6.45) is -1.95. The average Bonchev–Trinajstić information content (AvgIpc) is 3.03. The Morgan fingerprint density at radius 2 is 1.69 bits per heavy atom. The highest BCUT2D eigenvalue weighted by Crippen LogP contribution is 2.30. The van der Waals surface area contributed by atoms with Crippen molar-refractivity contribution in [3.8, 4) is 0 Å². The highest BCUT2D eigenvalue weighted by Gasteiger charge is 2.34. The molecule has 1 aliphatic heterocycles. The third-order valence-electron chi connectivity index (χ3n) is 4.96. The fourth-order valence-corrected chi connectivity index (χ4v) is 3.31. The van der Waals surface area contributed by atoms with Gasteiger partial charge in [0.25, 0.3) is 5.56 Å². The summed E-state index contributed by atoms with van der Waals surface area (Å²) in [6.45, 7) is 6.25. The summed E-state index contributed by atoms with van der Waals surface area (Å²) >= 11 is 0. The highest BCUT2D eigenvalue weighted by molar-refractivity contribution is 5.82. The number of halogens is 3. The summed E-state index contributed by atoms with van der Waals surface area (Å²) in [5.74, 6) is -0.0745. The predicted molar refractivity (Wildman–Crippen MR) is 105 cm³/mol. The van der Waals surface area contributed by atoms with E-state index in [1.165, 1.54) is 6.07 Å². The van der Waals surface area contributed by atoms with Crippen LogP contribution in [0, 0.1) is 0 Å². The van der Waals surface area contributed by atoms with Gasteiger partial charge in [-0.3, -0.25) is 9.59 Å². The molecule has 2 N–H and O–H groups in total. The number of hydrogen-bond donors (Lipinski definition) is 2. The first-order valence-electron chi connectivity index (χ1n) is 9.38. The average molecular weight is 404 g/mol. The SMILES string of the molecule is CC(C)(C)c1ccc(/C(=C/[C@H]2CCC(=O)N2)c2ccc(C(F)(F)F)c(=O)[nH]2)cc1. The van der Waals surface area contributed by atoms with Gasteiger partial charge < -0.3 is 10.3 Å². The molecule has 1 aromatic heterocycles. The van der Waals surface area contributed by atoms with Crippen LogP contribution in [-0.2, 0) is 16.4 Å². The summed E-state index contributed by atoms with van der Waals surface area (Å²) in [5, 5.41) is 2.82. The number of aromatic nitrogens is 1. The van der Waals surface area contributed by atoms with Crippen LogP contribution in [0.1, 0.15) is 56.0 Å². The Bertz CT molecular complexity index is 996. The van der Waals surface area contributed by atoms with Crippen molar-refractivity contribution in [2.75, 3.05) is 0 Å². The number of nitrogens with one attached hydrogen (secondary N) is 2. The Balaban J connectivity index is 2.07. The second-order valence-electron chi connectivity index (χ2n) is 8.23. The Kier molecular flexibility index (Phi) is 5.43. The topological polar surface area (TPSA) is 62.0 Å². The zero-order chi connectivity index (χ0) is 21.4. The lowest BCUT2D eigenvalue weighted by Crippen LogP contribution is -2.24. The van der Waals surface area contributed by atoms with Crippen molar-refractivity contribution >= 4 is 11.5 Å². The largest absolute Gasteiger partial charge is 0.421 e. The van der Waals surface area contributed by atoms with Crippen molar-refractivity contribution in [1.82, 2.24) is 10.3 Å². The van der Waals surface area contributed by atoms with Crippen LogP contribution in [0.5, 0.6) is 0 Å². The van der Waals surface area contributed by atoms with E-state index in [1.807, 2.05) is 24.3 Å². The van der Waals surface area contributed by atoms with Crippen LogP contribution in [0.4, 0.5) is 13.2 Å². The van der Waals surface area contributed by atoms with Gasteiger partial charge in [-0.2, -0.15) is 13.2 Å². The lowest BCUT2D eigenvalue weighted by atomic mass is 9.86. The fourth-order valence-electron chi connectivity index (χ4n) is 3.31. The Labute approximate surface area is 166 Å². The molecule has 1 saturated heterocycles. The van der Waals surface area contributed by atoms with Gasteiger partial charge in [0.15, 0.2) is 0 Å². The van der Waals surface area contributed by atoms with Crippen LogP contribution in [0.25, 0.3) is 5.57 Å². The molecule has 2 aromatic rings. The van der Waals surface area contributed by atoms with Gasteiger partial charge in [-0.1, -0.05) is 51.1 Å². The number of benzene rings is 1. The van der Waals surface area contributed by atoms with E-state index in [9.17, 15) is 22.8 Å². The molecule has 2 heterocycles. The van der Waals surface area contributed by atoms with Crippen molar-refractivity contribution in [3.05, 3.63) is 75.2 Å². The molecule has 4 nitrogen and oxygen atoms in total. The summed E-state index contributed by atoms with van der Waals surface area (Å²) in [7, 11) is 0. The molecule has 3 rings (SSSR count). The van der Waals surface area contributed by atoms with E-state index in [0.29, 0.717) is 18.4 Å². The molecule has 1 aliphatic rings. The van der Waals surface area contributed by atoms with Crippen LogP contribution < -0.4 is 10.9 Å². The van der Waals surface area contributed by atoms with Crippen molar-refractivity contribution < 1.29 is 18.0 Å². The van der Waals surface area contributed by atoms with Gasteiger partial charge in [0.2, 0.25) is 5.91 Å². The molecular weight excluding hydrogens is 381 g/mol. The fraction of sp³-hybridized carbons (Fsp3) is 0.364. The molecule has 1 fully saturated rings. The minimum Gasteiger partial charge on any atom is -0.350 e. The number of H-pyrrole nitrogens is 1. The van der Waals surface area contributed by atoms with Crippen LogP contribution in [0.3, 0.4) is 0 Å². The quantitative estimate of drug-likeness (QED) is 0.797. The molecule has 0 aliphatic carbocycles. The molecule has 0 spiro atoms. The van der Waals surface area contributed by atoms with E-state index in [-0.39, 0.29) is 23.1 Å². The maximum Gasteiger partial charge on any atom is 0.421 e. The van der Waals surface area contributed by atoms with Crippen LogP contribution in [0.2, 0.25) is 0 Å². The molecule has 1 atom stereocenters. The summed E-state index contributed by atoms with van der Waals surface area (Å²) < 4.78 is 38.8. The summed E-state index contributed by atoms with van der Waals surface area (Å²) in [5.41, 5.74) is 0.215. The Hall–Kier alpha value is -2.83. The molecule has 1 aromatic carbocycles. The molecule has 154 valence electrons. The zero-order valence-corrected chi connectivity index (χ0v) is 16.5. The van der Waals surface area contributed by atoms with Gasteiger partial charge in [0.1, 0.15) is 5.56 Å². The number of carbonyl (C=O) groups is 1. The number of amides is 1. The van der Waals surface area contributed by atoms with Crippen LogP contribution >= 0.6 is 0 Å². The third-order valence-corrected chi connectivity index (χ3v) is 4.96. The molecule has 1 amide bonds. The highest BCUT2D eigenvalue weighted by atomic mass is 19.4. The molecule has 0 saturated carbocycles. The minimum atomic E-state index is -4.72. The minimum absolute atomic E-state index is 0.0511. The van der Waals surface area contributed by atoms with E-state index >= 15 is 0 Å². The third kappa shape index (κ3) is 4.78. The second-order valence-corrected chi connectivity index (χ2v) is 8.23. The van der Waals surface area contributed by atoms with Gasteiger partial charge in [-0.15, -0.1) is 0 Å². The van der Waals surface area contributed by atoms with Crippen molar-refractivity contribution in [3.63, 3.8) is 0 Å². The molecular formula is C22H23F3N2O2. The summed E-state index contributed by atoms with van der Waals surface area (Å²) in [6, 6.07) is 9.46. The number of pyridine rings is 1. The monoisotopic (exact) mass is 404 g/mol. The smallest absolute Gasteiger partial charge is 0.350 e. The zero-order valence-electron chi connectivity index (χ0n) is 16.5. The van der Waals surface area contributed by atoms with Crippen molar-refractivity contribution in [2.45, 2.75) is 51.2 Å². The second kappa shape index (κ2) is 7.54. The van der Waals surface area contributed by atoms with E-state index in [2.05, 4.69) is 31.1 Å².